The molecule has 0 aliphatic carbocycles. The van der Waals surface area contributed by atoms with Crippen molar-refractivity contribution in [3.8, 4) is 6.07 Å². The zero-order valence-electron chi connectivity index (χ0n) is 6.38. The van der Waals surface area contributed by atoms with Gasteiger partial charge in [-0.2, -0.15) is 5.26 Å². The lowest BCUT2D eigenvalue weighted by atomic mass is 9.83. The van der Waals surface area contributed by atoms with Crippen LogP contribution < -0.4 is 0 Å². The van der Waals surface area contributed by atoms with Gasteiger partial charge in [0.1, 0.15) is 7.11 Å². The molecular weight excluding hydrogens is 142 g/mol. The minimum atomic E-state index is -0.396. The summed E-state index contributed by atoms with van der Waals surface area (Å²) in [5, 5.41) is 8.83. The van der Waals surface area contributed by atoms with Crippen molar-refractivity contribution >= 4 is 0 Å². The lowest BCUT2D eigenvalue weighted by Gasteiger charge is -2.29. The molecule has 60 valence electrons. The van der Waals surface area contributed by atoms with Gasteiger partial charge in [0.05, 0.1) is 18.1 Å². The minimum Gasteiger partial charge on any atom is -0.381 e. The predicted octanol–water partition coefficient (Wildman–Crippen LogP) is 0.992. The molecule has 1 fully saturated rings. The Labute approximate surface area is 66.9 Å². The third kappa shape index (κ3) is 1.92. The quantitative estimate of drug-likeness (QED) is 0.594. The van der Waals surface area contributed by atoms with E-state index in [1.54, 1.807) is 0 Å². The van der Waals surface area contributed by atoms with E-state index < -0.39 is 5.41 Å². The van der Waals surface area contributed by atoms with Gasteiger partial charge >= 0.3 is 0 Å². The standard InChI is InChI=1S/C8H11NO2/c1-10-7-8(6-9)2-4-11-5-3-8/h1H,2-5,7H2. The largest absolute Gasteiger partial charge is 0.381 e. The predicted molar refractivity (Wildman–Crippen MR) is 38.4 cm³/mol. The summed E-state index contributed by atoms with van der Waals surface area (Å²) in [7, 11) is 4.93. The Kier molecular flexibility index (Phi) is 2.86. The van der Waals surface area contributed by atoms with Crippen LogP contribution in [0.1, 0.15) is 12.8 Å². The van der Waals surface area contributed by atoms with Gasteiger partial charge in [0.2, 0.25) is 0 Å². The number of hydrogen-bond acceptors (Lipinski definition) is 3. The average Bonchev–Trinajstić information content (AvgIpc) is 2.07. The highest BCUT2D eigenvalue weighted by Crippen LogP contribution is 2.29. The topological polar surface area (TPSA) is 42.2 Å². The smallest absolute Gasteiger partial charge is 0.115 e. The fourth-order valence-electron chi connectivity index (χ4n) is 1.21. The minimum absolute atomic E-state index is 0.312. The van der Waals surface area contributed by atoms with Crippen LogP contribution in [-0.4, -0.2) is 19.8 Å². The highest BCUT2D eigenvalue weighted by Gasteiger charge is 2.32. The van der Waals surface area contributed by atoms with E-state index in [4.69, 9.17) is 17.1 Å². The van der Waals surface area contributed by atoms with E-state index in [1.807, 2.05) is 0 Å². The van der Waals surface area contributed by atoms with Crippen LogP contribution in [-0.2, 0) is 9.47 Å². The maximum Gasteiger partial charge on any atom is 0.115 e. The first-order valence-corrected chi connectivity index (χ1v) is 3.64. The van der Waals surface area contributed by atoms with E-state index in [1.165, 1.54) is 0 Å². The normalized spacial score (nSPS) is 22.5. The number of nitrogens with zero attached hydrogens (tertiary/aromatic N) is 1. The molecule has 0 unspecified atom stereocenters. The summed E-state index contributed by atoms with van der Waals surface area (Å²) in [4.78, 5) is 0. The van der Waals surface area contributed by atoms with Crippen molar-refractivity contribution in [2.45, 2.75) is 12.8 Å². The van der Waals surface area contributed by atoms with Crippen LogP contribution in [0.4, 0.5) is 0 Å². The summed E-state index contributed by atoms with van der Waals surface area (Å²) >= 11 is 0. The van der Waals surface area contributed by atoms with Gasteiger partial charge in [-0.1, -0.05) is 0 Å². The van der Waals surface area contributed by atoms with Crippen LogP contribution in [0.5, 0.6) is 0 Å². The molecule has 0 amide bonds. The number of hydrogen-bond donors (Lipinski definition) is 0. The molecule has 1 heterocycles. The molecule has 3 nitrogen and oxygen atoms in total. The Bertz CT molecular complexity index is 150. The van der Waals surface area contributed by atoms with E-state index in [0.717, 1.165) is 12.8 Å². The Morgan fingerprint density at radius 2 is 2.18 bits per heavy atom. The van der Waals surface area contributed by atoms with Crippen LogP contribution in [0.15, 0.2) is 0 Å². The molecule has 0 saturated carbocycles. The summed E-state index contributed by atoms with van der Waals surface area (Å²) < 4.78 is 9.62. The Morgan fingerprint density at radius 3 is 2.64 bits per heavy atom. The fourth-order valence-corrected chi connectivity index (χ4v) is 1.21. The van der Waals surface area contributed by atoms with Crippen molar-refractivity contribution in [3.63, 3.8) is 0 Å². The molecule has 1 aliphatic heterocycles. The van der Waals surface area contributed by atoms with E-state index in [9.17, 15) is 0 Å². The van der Waals surface area contributed by atoms with Crippen LogP contribution in [0, 0.1) is 23.9 Å². The number of nitriles is 1. The van der Waals surface area contributed by atoms with E-state index in [2.05, 4.69) is 10.8 Å². The molecular formula is C8H11NO2. The van der Waals surface area contributed by atoms with Crippen molar-refractivity contribution in [2.75, 3.05) is 19.8 Å². The Morgan fingerprint density at radius 1 is 1.55 bits per heavy atom. The summed E-state index contributed by atoms with van der Waals surface area (Å²) in [6.07, 6.45) is 1.45. The molecule has 1 saturated heterocycles. The molecule has 3 heteroatoms. The first kappa shape index (κ1) is 8.51. The number of ether oxygens (including phenoxy) is 2. The van der Waals surface area contributed by atoms with Crippen LogP contribution in [0.2, 0.25) is 0 Å². The summed E-state index contributed by atoms with van der Waals surface area (Å²) in [6.45, 7) is 1.58. The molecule has 1 aliphatic rings. The molecule has 1 rings (SSSR count). The van der Waals surface area contributed by atoms with Crippen LogP contribution in [0.25, 0.3) is 0 Å². The lowest BCUT2D eigenvalue weighted by molar-refractivity contribution is 0.00893. The van der Waals surface area contributed by atoms with E-state index in [-0.39, 0.29) is 0 Å². The first-order chi connectivity index (χ1) is 5.33. The molecule has 11 heavy (non-hydrogen) atoms. The number of rotatable bonds is 2. The average molecular weight is 153 g/mol. The molecule has 2 radical (unpaired) electrons. The van der Waals surface area contributed by atoms with Gasteiger partial charge in [-0.15, -0.1) is 0 Å². The third-order valence-corrected chi connectivity index (χ3v) is 2.05. The molecule has 0 bridgehead atoms. The fraction of sp³-hybridized carbons (Fsp3) is 0.750. The van der Waals surface area contributed by atoms with Crippen molar-refractivity contribution in [1.29, 1.82) is 5.26 Å². The molecule has 0 atom stereocenters. The Hall–Kier alpha value is -0.590. The molecule has 0 spiro atoms. The summed E-state index contributed by atoms with van der Waals surface area (Å²) in [5.41, 5.74) is -0.396. The van der Waals surface area contributed by atoms with Crippen LogP contribution in [0.3, 0.4) is 0 Å². The van der Waals surface area contributed by atoms with Crippen LogP contribution >= 0.6 is 0 Å². The van der Waals surface area contributed by atoms with Gasteiger partial charge in [-0.05, 0) is 12.8 Å². The second kappa shape index (κ2) is 3.70. The summed E-state index contributed by atoms with van der Waals surface area (Å²) in [6, 6.07) is 2.23. The van der Waals surface area contributed by atoms with E-state index >= 15 is 0 Å². The van der Waals surface area contributed by atoms with Gasteiger partial charge in [0.25, 0.3) is 0 Å². The SMILES string of the molecule is [CH]OCC1(C#N)CCOCC1. The van der Waals surface area contributed by atoms with Crippen molar-refractivity contribution < 1.29 is 9.47 Å². The highest BCUT2D eigenvalue weighted by atomic mass is 16.5. The van der Waals surface area contributed by atoms with Crippen molar-refractivity contribution in [2.24, 2.45) is 5.41 Å². The van der Waals surface area contributed by atoms with Crippen molar-refractivity contribution in [1.82, 2.24) is 0 Å². The van der Waals surface area contributed by atoms with Gasteiger partial charge in [-0.3, -0.25) is 0 Å². The monoisotopic (exact) mass is 153 g/mol. The molecule has 0 aromatic carbocycles. The van der Waals surface area contributed by atoms with Crippen molar-refractivity contribution in [3.05, 3.63) is 7.11 Å². The maximum atomic E-state index is 8.83. The van der Waals surface area contributed by atoms with Gasteiger partial charge in [0, 0.05) is 13.2 Å². The highest BCUT2D eigenvalue weighted by molar-refractivity contribution is 5.00. The second-order valence-corrected chi connectivity index (χ2v) is 2.82. The first-order valence-electron chi connectivity index (χ1n) is 3.64. The second-order valence-electron chi connectivity index (χ2n) is 2.82. The Balaban J connectivity index is 2.51. The summed E-state index contributed by atoms with van der Waals surface area (Å²) in [5.74, 6) is 0. The molecule has 0 aromatic rings. The molecule has 0 N–H and O–H groups in total. The maximum absolute atomic E-state index is 8.83. The molecule has 0 aromatic heterocycles. The van der Waals surface area contributed by atoms with Gasteiger partial charge < -0.3 is 9.47 Å². The lowest BCUT2D eigenvalue weighted by Crippen LogP contribution is -2.31. The zero-order chi connectivity index (χ0) is 8.16. The zero-order valence-corrected chi connectivity index (χ0v) is 6.38. The van der Waals surface area contributed by atoms with Gasteiger partial charge in [-0.25, -0.2) is 0 Å². The van der Waals surface area contributed by atoms with Gasteiger partial charge in [0.15, 0.2) is 0 Å². The van der Waals surface area contributed by atoms with E-state index in [0.29, 0.717) is 19.8 Å². The third-order valence-electron chi connectivity index (χ3n) is 2.05.